The molecule has 0 saturated carbocycles. The topological polar surface area (TPSA) is 107 Å². The van der Waals surface area contributed by atoms with E-state index in [2.05, 4.69) is 42.0 Å². The molecule has 0 unspecified atom stereocenters. The van der Waals surface area contributed by atoms with Gasteiger partial charge in [0.2, 0.25) is 0 Å². The Labute approximate surface area is 233 Å². The van der Waals surface area contributed by atoms with E-state index in [1.165, 1.54) is 18.6 Å². The molecule has 2 aromatic carbocycles. The molecule has 1 saturated heterocycles. The highest BCUT2D eigenvalue weighted by Gasteiger charge is 2.19. The van der Waals surface area contributed by atoms with Crippen molar-refractivity contribution >= 4 is 27.8 Å². The van der Waals surface area contributed by atoms with Gasteiger partial charge in [0.25, 0.3) is 11.5 Å². The van der Waals surface area contributed by atoms with Crippen LogP contribution in [0.15, 0.2) is 66.2 Å². The first-order valence-electron chi connectivity index (χ1n) is 13.2. The van der Waals surface area contributed by atoms with Crippen LogP contribution < -0.4 is 16.2 Å². The second-order valence-electron chi connectivity index (χ2n) is 9.85. The number of fused-ring (bicyclic) bond motifs is 3. The number of halogens is 2. The van der Waals surface area contributed by atoms with Crippen molar-refractivity contribution in [2.45, 2.75) is 25.4 Å². The third-order valence-electron chi connectivity index (χ3n) is 7.12. The smallest absolute Gasteiger partial charge is 0.266 e. The minimum Gasteiger partial charge on any atom is -0.341 e. The van der Waals surface area contributed by atoms with Gasteiger partial charge in [-0.25, -0.2) is 18.7 Å². The van der Waals surface area contributed by atoms with E-state index in [1.54, 1.807) is 6.20 Å². The van der Waals surface area contributed by atoms with Crippen molar-refractivity contribution in [3.8, 4) is 11.8 Å². The molecule has 6 rings (SSSR count). The molecule has 9 nitrogen and oxygen atoms in total. The standard InChI is InChI=1S/C30H25F2N7O2/c31-24-7-5-20(12-25(24)32)16-38-17-34-14-23(30(38)41)29(40)35-10-1-3-19-6-8-26-22(11-19)28-27(15-36-26)37-18-39(28)21-4-2-9-33-13-21/h5-8,11-12,14-15,17-18,21,33H,2,4,9-10,13,16H2,(H,35,40)/t21-/m0/s1. The largest absolute Gasteiger partial charge is 0.341 e. The summed E-state index contributed by atoms with van der Waals surface area (Å²) in [5, 5.41) is 7.03. The summed E-state index contributed by atoms with van der Waals surface area (Å²) in [4.78, 5) is 38.6. The molecular weight excluding hydrogens is 528 g/mol. The Hall–Kier alpha value is -4.95. The third kappa shape index (κ3) is 5.42. The molecule has 1 aliphatic rings. The molecule has 1 aliphatic heterocycles. The van der Waals surface area contributed by atoms with Gasteiger partial charge in [0.15, 0.2) is 11.6 Å². The Morgan fingerprint density at radius 2 is 1.98 bits per heavy atom. The second-order valence-corrected chi connectivity index (χ2v) is 9.85. The molecule has 5 aromatic rings. The Morgan fingerprint density at radius 1 is 1.07 bits per heavy atom. The highest BCUT2D eigenvalue weighted by atomic mass is 19.2. The molecule has 0 spiro atoms. The molecule has 1 fully saturated rings. The molecule has 0 radical (unpaired) electrons. The van der Waals surface area contributed by atoms with Crippen LogP contribution >= 0.6 is 0 Å². The zero-order valence-electron chi connectivity index (χ0n) is 21.9. The number of rotatable bonds is 5. The number of carbonyl (C=O) groups excluding carboxylic acids is 1. The lowest BCUT2D eigenvalue weighted by atomic mass is 10.1. The quantitative estimate of drug-likeness (QED) is 0.324. The van der Waals surface area contributed by atoms with Crippen molar-refractivity contribution in [1.82, 2.24) is 34.7 Å². The normalized spacial score (nSPS) is 15.0. The fourth-order valence-electron chi connectivity index (χ4n) is 5.06. The van der Waals surface area contributed by atoms with Gasteiger partial charge in [-0.3, -0.25) is 19.1 Å². The Bertz CT molecular complexity index is 1900. The number of amides is 1. The molecule has 2 N–H and O–H groups in total. The van der Waals surface area contributed by atoms with Gasteiger partial charge in [0.05, 0.1) is 43.0 Å². The van der Waals surface area contributed by atoms with Gasteiger partial charge < -0.3 is 15.2 Å². The molecule has 1 amide bonds. The van der Waals surface area contributed by atoms with Crippen molar-refractivity contribution < 1.29 is 13.6 Å². The number of piperidine rings is 1. The molecule has 41 heavy (non-hydrogen) atoms. The summed E-state index contributed by atoms with van der Waals surface area (Å²) in [6.07, 6.45) is 8.25. The summed E-state index contributed by atoms with van der Waals surface area (Å²) in [7, 11) is 0. The summed E-state index contributed by atoms with van der Waals surface area (Å²) < 4.78 is 30.1. The molecule has 1 atom stereocenters. The molecule has 0 aliphatic carbocycles. The zero-order valence-corrected chi connectivity index (χ0v) is 21.9. The van der Waals surface area contributed by atoms with Crippen molar-refractivity contribution in [3.05, 3.63) is 100 Å². The number of hydrogen-bond donors (Lipinski definition) is 2. The highest BCUT2D eigenvalue weighted by Crippen LogP contribution is 2.28. The number of carbonyl (C=O) groups is 1. The van der Waals surface area contributed by atoms with Gasteiger partial charge >= 0.3 is 0 Å². The summed E-state index contributed by atoms with van der Waals surface area (Å²) in [5.74, 6) is 3.37. The molecule has 206 valence electrons. The predicted molar refractivity (Wildman–Crippen MR) is 149 cm³/mol. The van der Waals surface area contributed by atoms with Crippen LogP contribution in [-0.4, -0.2) is 49.6 Å². The lowest BCUT2D eigenvalue weighted by Crippen LogP contribution is -2.33. The summed E-state index contributed by atoms with van der Waals surface area (Å²) in [6.45, 7) is 1.85. The van der Waals surface area contributed by atoms with Crippen LogP contribution in [0.3, 0.4) is 0 Å². The Kier molecular flexibility index (Phi) is 7.22. The maximum absolute atomic E-state index is 13.5. The number of nitrogens with one attached hydrogen (secondary N) is 2. The maximum Gasteiger partial charge on any atom is 0.266 e. The first-order chi connectivity index (χ1) is 20.0. The van der Waals surface area contributed by atoms with Crippen LogP contribution in [0, 0.1) is 23.5 Å². The lowest BCUT2D eigenvalue weighted by molar-refractivity contribution is 0.0956. The van der Waals surface area contributed by atoms with E-state index in [1.807, 2.05) is 24.5 Å². The number of pyridine rings is 1. The first-order valence-corrected chi connectivity index (χ1v) is 13.2. The fourth-order valence-corrected chi connectivity index (χ4v) is 5.06. The molecular formula is C30H25F2N7O2. The van der Waals surface area contributed by atoms with Crippen molar-refractivity contribution in [1.29, 1.82) is 0 Å². The summed E-state index contributed by atoms with van der Waals surface area (Å²) in [6, 6.07) is 9.43. The SMILES string of the molecule is O=C(NCC#Cc1ccc2ncc3ncn([C@H]4CCCNC4)c3c2c1)c1cncn(Cc2ccc(F)c(F)c2)c1=O. The molecule has 0 bridgehead atoms. The van der Waals surface area contributed by atoms with Crippen molar-refractivity contribution in [2.24, 2.45) is 0 Å². The number of hydrogen-bond acceptors (Lipinski definition) is 6. The van der Waals surface area contributed by atoms with Gasteiger partial charge in [0.1, 0.15) is 11.1 Å². The second kappa shape index (κ2) is 11.3. The highest BCUT2D eigenvalue weighted by molar-refractivity contribution is 6.02. The maximum atomic E-state index is 13.5. The van der Waals surface area contributed by atoms with E-state index in [0.717, 1.165) is 70.1 Å². The number of benzene rings is 2. The van der Waals surface area contributed by atoms with E-state index < -0.39 is 23.1 Å². The van der Waals surface area contributed by atoms with E-state index >= 15 is 0 Å². The first kappa shape index (κ1) is 26.3. The van der Waals surface area contributed by atoms with Crippen molar-refractivity contribution in [3.63, 3.8) is 0 Å². The molecule has 11 heteroatoms. The van der Waals surface area contributed by atoms with E-state index in [0.29, 0.717) is 11.6 Å². The third-order valence-corrected chi connectivity index (χ3v) is 7.12. The average Bonchev–Trinajstić information content (AvgIpc) is 3.43. The molecule has 4 heterocycles. The van der Waals surface area contributed by atoms with Crippen LogP contribution in [0.5, 0.6) is 0 Å². The minimum atomic E-state index is -1.02. The molecule has 3 aromatic heterocycles. The summed E-state index contributed by atoms with van der Waals surface area (Å²) >= 11 is 0. The fraction of sp³-hybridized carbons (Fsp3) is 0.233. The van der Waals surface area contributed by atoms with Gasteiger partial charge in [-0.2, -0.15) is 0 Å². The van der Waals surface area contributed by atoms with Crippen LogP contribution in [0.4, 0.5) is 8.78 Å². The zero-order chi connectivity index (χ0) is 28.3. The van der Waals surface area contributed by atoms with Crippen LogP contribution in [-0.2, 0) is 6.54 Å². The minimum absolute atomic E-state index is 0.00248. The van der Waals surface area contributed by atoms with Gasteiger partial charge in [-0.15, -0.1) is 0 Å². The van der Waals surface area contributed by atoms with E-state index in [9.17, 15) is 18.4 Å². The number of aromatic nitrogens is 5. The van der Waals surface area contributed by atoms with Gasteiger partial charge in [-0.05, 0) is 55.3 Å². The predicted octanol–water partition coefficient (Wildman–Crippen LogP) is 3.17. The van der Waals surface area contributed by atoms with Crippen molar-refractivity contribution in [2.75, 3.05) is 19.6 Å². The Balaban J connectivity index is 1.18. The lowest BCUT2D eigenvalue weighted by Gasteiger charge is -2.24. The van der Waals surface area contributed by atoms with Crippen LogP contribution in [0.2, 0.25) is 0 Å². The van der Waals surface area contributed by atoms with Crippen LogP contribution in [0.25, 0.3) is 21.9 Å². The number of imidazole rings is 1. The van der Waals surface area contributed by atoms with Gasteiger partial charge in [-0.1, -0.05) is 17.9 Å². The van der Waals surface area contributed by atoms with Gasteiger partial charge in [0, 0.05) is 29.7 Å². The summed E-state index contributed by atoms with van der Waals surface area (Å²) in [5.41, 5.74) is 3.03. The monoisotopic (exact) mass is 553 g/mol. The number of nitrogens with zero attached hydrogens (tertiary/aromatic N) is 5. The average molecular weight is 554 g/mol. The van der Waals surface area contributed by atoms with E-state index in [4.69, 9.17) is 0 Å². The van der Waals surface area contributed by atoms with E-state index in [-0.39, 0.29) is 18.7 Å². The van der Waals surface area contributed by atoms with Crippen LogP contribution in [0.1, 0.15) is 40.4 Å². The Morgan fingerprint density at radius 3 is 2.80 bits per heavy atom.